The van der Waals surface area contributed by atoms with Gasteiger partial charge in [0.1, 0.15) is 5.69 Å². The van der Waals surface area contributed by atoms with Gasteiger partial charge in [0, 0.05) is 13.2 Å². The lowest BCUT2D eigenvalue weighted by atomic mass is 9.74. The molecule has 0 radical (unpaired) electrons. The van der Waals surface area contributed by atoms with Crippen molar-refractivity contribution in [2.75, 3.05) is 13.7 Å². The molecule has 0 bridgehead atoms. The molecule has 2 N–H and O–H groups in total. The molecule has 2 unspecified atom stereocenters. The van der Waals surface area contributed by atoms with E-state index in [2.05, 4.69) is 10.4 Å². The summed E-state index contributed by atoms with van der Waals surface area (Å²) in [6, 6.07) is 2.62. The maximum atomic E-state index is 12.5. The average molecular weight is 337 g/mol. The van der Waals surface area contributed by atoms with E-state index in [4.69, 9.17) is 4.74 Å². The Bertz CT molecular complexity index is 672. The minimum Gasteiger partial charge on any atom is -0.481 e. The molecule has 24 heavy (non-hydrogen) atoms. The van der Waals surface area contributed by atoms with Gasteiger partial charge in [-0.2, -0.15) is 5.10 Å². The summed E-state index contributed by atoms with van der Waals surface area (Å²) in [7, 11) is 1.51. The number of methoxy groups -OCH3 is 1. The van der Waals surface area contributed by atoms with Crippen molar-refractivity contribution in [3.05, 3.63) is 28.2 Å². The van der Waals surface area contributed by atoms with Gasteiger partial charge in [-0.25, -0.2) is 4.68 Å². The first-order valence-electron chi connectivity index (χ1n) is 8.00. The lowest BCUT2D eigenvalue weighted by Gasteiger charge is -2.39. The number of nitrogens with one attached hydrogen (secondary N) is 1. The summed E-state index contributed by atoms with van der Waals surface area (Å²) in [6.07, 6.45) is 2.83. The second-order valence-electron chi connectivity index (χ2n) is 6.28. The topological polar surface area (TPSA) is 111 Å². The lowest BCUT2D eigenvalue weighted by molar-refractivity contribution is -0.145. The Morgan fingerprint density at radius 1 is 1.46 bits per heavy atom. The van der Waals surface area contributed by atoms with E-state index in [0.717, 1.165) is 17.5 Å². The van der Waals surface area contributed by atoms with Crippen LogP contribution in [0.15, 0.2) is 16.9 Å². The molecule has 1 aliphatic carbocycles. The van der Waals surface area contributed by atoms with Gasteiger partial charge in [0.25, 0.3) is 11.5 Å². The van der Waals surface area contributed by atoms with Gasteiger partial charge in [0.15, 0.2) is 0 Å². The number of aliphatic carboxylic acids is 1. The molecule has 1 amide bonds. The second kappa shape index (κ2) is 7.57. The third kappa shape index (κ3) is 4.00. The first-order chi connectivity index (χ1) is 11.4. The summed E-state index contributed by atoms with van der Waals surface area (Å²) in [4.78, 5) is 35.7. The highest BCUT2D eigenvalue weighted by atomic mass is 16.5. The molecule has 1 aromatic heterocycles. The molecule has 1 aromatic rings. The minimum atomic E-state index is -0.907. The minimum absolute atomic E-state index is 0.0849. The Morgan fingerprint density at radius 3 is 2.88 bits per heavy atom. The van der Waals surface area contributed by atoms with Crippen LogP contribution in [-0.4, -0.2) is 46.0 Å². The molecule has 2 rings (SSSR count). The van der Waals surface area contributed by atoms with Crippen molar-refractivity contribution in [1.82, 2.24) is 15.1 Å². The Balaban J connectivity index is 2.19. The third-order valence-electron chi connectivity index (χ3n) is 4.51. The number of hydrogen-bond acceptors (Lipinski definition) is 5. The van der Waals surface area contributed by atoms with Crippen molar-refractivity contribution >= 4 is 11.9 Å². The normalized spacial score (nSPS) is 23.7. The highest BCUT2D eigenvalue weighted by molar-refractivity contribution is 5.93. The largest absolute Gasteiger partial charge is 0.481 e. The van der Waals surface area contributed by atoms with Gasteiger partial charge in [-0.3, -0.25) is 14.4 Å². The number of hydrogen-bond donors (Lipinski definition) is 2. The van der Waals surface area contributed by atoms with E-state index in [1.54, 1.807) is 6.92 Å². The molecule has 0 aliphatic heterocycles. The molecule has 1 saturated carbocycles. The Kier molecular flexibility index (Phi) is 5.71. The molecule has 1 fully saturated rings. The van der Waals surface area contributed by atoms with E-state index in [0.29, 0.717) is 19.4 Å². The zero-order chi connectivity index (χ0) is 17.7. The third-order valence-corrected chi connectivity index (χ3v) is 4.51. The Hall–Kier alpha value is -2.22. The molecule has 1 heterocycles. The van der Waals surface area contributed by atoms with E-state index in [1.165, 1.54) is 19.2 Å². The first kappa shape index (κ1) is 18.1. The van der Waals surface area contributed by atoms with Crippen LogP contribution in [0, 0.1) is 5.92 Å². The summed E-state index contributed by atoms with van der Waals surface area (Å²) in [6.45, 7) is 2.30. The molecular formula is C16H23N3O5. The van der Waals surface area contributed by atoms with Crippen LogP contribution in [-0.2, 0) is 16.1 Å². The quantitative estimate of drug-likeness (QED) is 0.789. The molecule has 8 nitrogen and oxygen atoms in total. The average Bonchev–Trinajstić information content (AvgIpc) is 2.53. The van der Waals surface area contributed by atoms with Crippen LogP contribution >= 0.6 is 0 Å². The van der Waals surface area contributed by atoms with Gasteiger partial charge in [-0.05, 0) is 25.8 Å². The summed E-state index contributed by atoms with van der Waals surface area (Å²) in [5, 5.41) is 16.3. The number of aromatic nitrogens is 2. The summed E-state index contributed by atoms with van der Waals surface area (Å²) < 4.78 is 6.08. The van der Waals surface area contributed by atoms with Crippen molar-refractivity contribution in [2.45, 2.75) is 44.7 Å². The van der Waals surface area contributed by atoms with Crippen molar-refractivity contribution in [3.63, 3.8) is 0 Å². The summed E-state index contributed by atoms with van der Waals surface area (Å²) in [5.74, 6) is -2.01. The van der Waals surface area contributed by atoms with Gasteiger partial charge in [0.2, 0.25) is 0 Å². The molecule has 8 heteroatoms. The van der Waals surface area contributed by atoms with E-state index in [1.807, 2.05) is 0 Å². The lowest BCUT2D eigenvalue weighted by Crippen LogP contribution is -2.55. The highest BCUT2D eigenvalue weighted by Gasteiger charge is 2.42. The highest BCUT2D eigenvalue weighted by Crippen LogP contribution is 2.34. The zero-order valence-electron chi connectivity index (χ0n) is 13.9. The molecule has 0 saturated heterocycles. The number of ether oxygens (including phenoxy) is 1. The van der Waals surface area contributed by atoms with Crippen LogP contribution < -0.4 is 10.9 Å². The van der Waals surface area contributed by atoms with Gasteiger partial charge in [-0.1, -0.05) is 12.8 Å². The number of rotatable bonds is 6. The molecule has 0 aromatic carbocycles. The van der Waals surface area contributed by atoms with Crippen LogP contribution in [0.25, 0.3) is 0 Å². The standard InChI is InChI=1S/C16H23N3O5/c1-16(8-4-3-5-11(16)15(22)23)17-14(21)12-6-7-13(20)19(18-12)9-10-24-2/h6-7,11H,3-5,8-10H2,1-2H3,(H,17,21)(H,22,23). The SMILES string of the molecule is COCCn1nc(C(=O)NC2(C)CCCCC2C(=O)O)ccc1=O. The predicted molar refractivity (Wildman–Crippen MR) is 85.8 cm³/mol. The molecular weight excluding hydrogens is 314 g/mol. The van der Waals surface area contributed by atoms with Crippen LogP contribution in [0.1, 0.15) is 43.1 Å². The zero-order valence-corrected chi connectivity index (χ0v) is 13.9. The number of carboxylic acids is 1. The molecule has 0 spiro atoms. The van der Waals surface area contributed by atoms with Gasteiger partial charge in [-0.15, -0.1) is 0 Å². The number of nitrogens with zero attached hydrogens (tertiary/aromatic N) is 2. The second-order valence-corrected chi connectivity index (χ2v) is 6.28. The monoisotopic (exact) mass is 337 g/mol. The van der Waals surface area contributed by atoms with Crippen LogP contribution in [0.3, 0.4) is 0 Å². The number of carbonyl (C=O) groups is 2. The van der Waals surface area contributed by atoms with E-state index in [-0.39, 0.29) is 17.8 Å². The van der Waals surface area contributed by atoms with E-state index >= 15 is 0 Å². The number of carbonyl (C=O) groups excluding carboxylic acids is 1. The van der Waals surface area contributed by atoms with E-state index < -0.39 is 23.3 Å². The van der Waals surface area contributed by atoms with Crippen LogP contribution in [0.5, 0.6) is 0 Å². The fraction of sp³-hybridized carbons (Fsp3) is 0.625. The molecule has 2 atom stereocenters. The maximum Gasteiger partial charge on any atom is 0.308 e. The molecule has 1 aliphatic rings. The summed E-state index contributed by atoms with van der Waals surface area (Å²) in [5.41, 5.74) is -1.06. The van der Waals surface area contributed by atoms with Crippen molar-refractivity contribution < 1.29 is 19.4 Å². The van der Waals surface area contributed by atoms with Gasteiger partial charge < -0.3 is 15.2 Å². The maximum absolute atomic E-state index is 12.5. The Labute approximate surface area is 139 Å². The van der Waals surface area contributed by atoms with Crippen LogP contribution in [0.4, 0.5) is 0 Å². The number of carboxylic acid groups (broad SMARTS) is 1. The van der Waals surface area contributed by atoms with Crippen molar-refractivity contribution in [3.8, 4) is 0 Å². The number of amides is 1. The van der Waals surface area contributed by atoms with Crippen molar-refractivity contribution in [2.24, 2.45) is 5.92 Å². The predicted octanol–water partition coefficient (Wildman–Crippen LogP) is 0.653. The first-order valence-corrected chi connectivity index (χ1v) is 8.00. The smallest absolute Gasteiger partial charge is 0.308 e. The van der Waals surface area contributed by atoms with Gasteiger partial charge >= 0.3 is 5.97 Å². The van der Waals surface area contributed by atoms with Crippen LogP contribution in [0.2, 0.25) is 0 Å². The van der Waals surface area contributed by atoms with E-state index in [9.17, 15) is 19.5 Å². The fourth-order valence-corrected chi connectivity index (χ4v) is 3.11. The fourth-order valence-electron chi connectivity index (χ4n) is 3.11. The Morgan fingerprint density at radius 2 is 2.21 bits per heavy atom. The molecule has 132 valence electrons. The summed E-state index contributed by atoms with van der Waals surface area (Å²) >= 11 is 0. The van der Waals surface area contributed by atoms with Gasteiger partial charge in [0.05, 0.1) is 24.6 Å². The van der Waals surface area contributed by atoms with Crippen molar-refractivity contribution in [1.29, 1.82) is 0 Å².